The molecule has 0 aromatic heterocycles. The quantitative estimate of drug-likeness (QED) is 0.605. The van der Waals surface area contributed by atoms with E-state index in [9.17, 15) is 0 Å². The van der Waals surface area contributed by atoms with Gasteiger partial charge in [-0.3, -0.25) is 4.90 Å². The lowest BCUT2D eigenvalue weighted by molar-refractivity contribution is -0.0903. The van der Waals surface area contributed by atoms with Crippen LogP contribution < -0.4 is 10.1 Å². The van der Waals surface area contributed by atoms with Crippen LogP contribution in [0.15, 0.2) is 41.6 Å². The fourth-order valence-corrected chi connectivity index (χ4v) is 4.77. The third-order valence-electron chi connectivity index (χ3n) is 6.60. The standard InChI is InChI=1S/C26H39N3O2/c1-20(2)6-7-21(3)29-16-12-23(19-29)31-26(28-14-4-5-15-28)11-9-22-8-10-24-25(18-22)30-17-13-27-24/h6-8,10,18,23,26-27H,4-5,9,11-17,19H2,1-3H3. The Bertz CT molecular complexity index is 794. The molecular weight excluding hydrogens is 386 g/mol. The molecule has 170 valence electrons. The van der Waals surface area contributed by atoms with Crippen LogP contribution >= 0.6 is 0 Å². The Labute approximate surface area is 188 Å². The lowest BCUT2D eigenvalue weighted by Crippen LogP contribution is -2.39. The Morgan fingerprint density at radius 3 is 2.84 bits per heavy atom. The van der Waals surface area contributed by atoms with Gasteiger partial charge in [-0.2, -0.15) is 0 Å². The third kappa shape index (κ3) is 6.05. The van der Waals surface area contributed by atoms with E-state index < -0.39 is 0 Å². The lowest BCUT2D eigenvalue weighted by Gasteiger charge is -2.30. The topological polar surface area (TPSA) is 37.0 Å². The van der Waals surface area contributed by atoms with Gasteiger partial charge in [-0.05, 0) is 76.6 Å². The maximum absolute atomic E-state index is 6.73. The summed E-state index contributed by atoms with van der Waals surface area (Å²) in [5, 5.41) is 3.41. The smallest absolute Gasteiger partial charge is 0.142 e. The van der Waals surface area contributed by atoms with Gasteiger partial charge in [0, 0.05) is 38.4 Å². The Hall–Kier alpha value is -1.98. The van der Waals surface area contributed by atoms with Crippen molar-refractivity contribution in [2.24, 2.45) is 0 Å². The van der Waals surface area contributed by atoms with Gasteiger partial charge in [0.15, 0.2) is 0 Å². The van der Waals surface area contributed by atoms with Gasteiger partial charge in [-0.25, -0.2) is 0 Å². The minimum Gasteiger partial charge on any atom is -0.490 e. The highest BCUT2D eigenvalue weighted by atomic mass is 16.5. The number of hydrogen-bond acceptors (Lipinski definition) is 5. The second kappa shape index (κ2) is 10.6. The van der Waals surface area contributed by atoms with Gasteiger partial charge in [0.1, 0.15) is 18.6 Å². The molecule has 0 saturated carbocycles. The summed E-state index contributed by atoms with van der Waals surface area (Å²) >= 11 is 0. The van der Waals surface area contributed by atoms with E-state index >= 15 is 0 Å². The molecule has 1 aromatic rings. The molecule has 4 rings (SSSR count). The maximum atomic E-state index is 6.73. The number of benzene rings is 1. The average molecular weight is 426 g/mol. The summed E-state index contributed by atoms with van der Waals surface area (Å²) in [4.78, 5) is 5.03. The SMILES string of the molecule is CC(C)=CC=C(C)N1CCC(OC(CCc2ccc3c(c2)OCCN3)N2CCCC2)C1. The highest BCUT2D eigenvalue weighted by Crippen LogP contribution is 2.30. The summed E-state index contributed by atoms with van der Waals surface area (Å²) in [6.45, 7) is 12.6. The van der Waals surface area contributed by atoms with Crippen molar-refractivity contribution in [2.45, 2.75) is 65.2 Å². The predicted molar refractivity (Wildman–Crippen MR) is 128 cm³/mol. The zero-order valence-electron chi connectivity index (χ0n) is 19.5. The van der Waals surface area contributed by atoms with Gasteiger partial charge in [-0.15, -0.1) is 0 Å². The largest absolute Gasteiger partial charge is 0.490 e. The van der Waals surface area contributed by atoms with Gasteiger partial charge < -0.3 is 19.7 Å². The first-order valence-corrected chi connectivity index (χ1v) is 12.0. The van der Waals surface area contributed by atoms with Gasteiger partial charge >= 0.3 is 0 Å². The molecule has 2 saturated heterocycles. The van der Waals surface area contributed by atoms with Crippen molar-refractivity contribution in [3.63, 3.8) is 0 Å². The van der Waals surface area contributed by atoms with Gasteiger partial charge in [-0.1, -0.05) is 17.7 Å². The van der Waals surface area contributed by atoms with Gasteiger partial charge in [0.25, 0.3) is 0 Å². The summed E-state index contributed by atoms with van der Waals surface area (Å²) in [7, 11) is 0. The van der Waals surface area contributed by atoms with Crippen LogP contribution in [0.4, 0.5) is 5.69 Å². The summed E-state index contributed by atoms with van der Waals surface area (Å²) in [6.07, 6.45) is 10.7. The van der Waals surface area contributed by atoms with Crippen molar-refractivity contribution in [3.8, 4) is 5.75 Å². The van der Waals surface area contributed by atoms with E-state index in [0.717, 1.165) is 70.0 Å². The first-order chi connectivity index (χ1) is 15.1. The van der Waals surface area contributed by atoms with E-state index in [1.165, 1.54) is 29.7 Å². The molecule has 2 atom stereocenters. The normalized spacial score (nSPS) is 22.6. The third-order valence-corrected chi connectivity index (χ3v) is 6.60. The second-order valence-corrected chi connectivity index (χ2v) is 9.39. The molecule has 2 fully saturated rings. The second-order valence-electron chi connectivity index (χ2n) is 9.39. The van der Waals surface area contributed by atoms with Crippen molar-refractivity contribution >= 4 is 5.69 Å². The molecule has 5 heteroatoms. The van der Waals surface area contributed by atoms with E-state index in [2.05, 4.69) is 66.2 Å². The number of aryl methyl sites for hydroxylation is 1. The van der Waals surface area contributed by atoms with Gasteiger partial charge in [0.05, 0.1) is 11.8 Å². The van der Waals surface area contributed by atoms with Gasteiger partial charge in [0.2, 0.25) is 0 Å². The Kier molecular flexibility index (Phi) is 7.57. The van der Waals surface area contributed by atoms with Crippen LogP contribution in [0.2, 0.25) is 0 Å². The number of likely N-dealkylation sites (tertiary alicyclic amines) is 2. The fraction of sp³-hybridized carbons (Fsp3) is 0.615. The number of allylic oxidation sites excluding steroid dienone is 4. The minimum absolute atomic E-state index is 0.213. The number of ether oxygens (including phenoxy) is 2. The first kappa shape index (κ1) is 22.2. The number of fused-ring (bicyclic) bond motifs is 1. The predicted octanol–water partition coefficient (Wildman–Crippen LogP) is 4.81. The number of nitrogens with one attached hydrogen (secondary N) is 1. The van der Waals surface area contributed by atoms with Crippen LogP contribution in [0, 0.1) is 0 Å². The van der Waals surface area contributed by atoms with Crippen molar-refractivity contribution < 1.29 is 9.47 Å². The molecule has 3 heterocycles. The van der Waals surface area contributed by atoms with E-state index in [1.54, 1.807) is 0 Å². The molecule has 2 unspecified atom stereocenters. The molecule has 3 aliphatic heterocycles. The summed E-state index contributed by atoms with van der Waals surface area (Å²) < 4.78 is 12.6. The van der Waals surface area contributed by atoms with Crippen LogP contribution in [0.3, 0.4) is 0 Å². The Morgan fingerprint density at radius 1 is 1.19 bits per heavy atom. The van der Waals surface area contributed by atoms with Crippen LogP contribution in [0.25, 0.3) is 0 Å². The molecule has 5 nitrogen and oxygen atoms in total. The zero-order chi connectivity index (χ0) is 21.6. The molecular formula is C26H39N3O2. The van der Waals surface area contributed by atoms with E-state index in [1.807, 2.05) is 0 Å². The summed E-state index contributed by atoms with van der Waals surface area (Å²) in [5.41, 5.74) is 5.13. The molecule has 0 aliphatic carbocycles. The molecule has 0 bridgehead atoms. The number of hydrogen-bond donors (Lipinski definition) is 1. The Balaban J connectivity index is 1.35. The monoisotopic (exact) mass is 425 g/mol. The van der Waals surface area contributed by atoms with Crippen molar-refractivity contribution in [3.05, 3.63) is 47.2 Å². The average Bonchev–Trinajstić information content (AvgIpc) is 3.47. The molecule has 3 aliphatic rings. The van der Waals surface area contributed by atoms with Crippen LogP contribution in [-0.4, -0.2) is 61.5 Å². The van der Waals surface area contributed by atoms with Crippen molar-refractivity contribution in [2.75, 3.05) is 44.6 Å². The number of anilines is 1. The van der Waals surface area contributed by atoms with E-state index in [4.69, 9.17) is 9.47 Å². The fourth-order valence-electron chi connectivity index (χ4n) is 4.77. The van der Waals surface area contributed by atoms with Crippen molar-refractivity contribution in [1.29, 1.82) is 0 Å². The molecule has 0 amide bonds. The zero-order valence-corrected chi connectivity index (χ0v) is 19.5. The van der Waals surface area contributed by atoms with E-state index in [0.29, 0.717) is 6.10 Å². The van der Waals surface area contributed by atoms with Crippen LogP contribution in [-0.2, 0) is 11.2 Å². The molecule has 1 aromatic carbocycles. The molecule has 1 N–H and O–H groups in total. The molecule has 0 radical (unpaired) electrons. The van der Waals surface area contributed by atoms with Crippen LogP contribution in [0.5, 0.6) is 5.75 Å². The maximum Gasteiger partial charge on any atom is 0.142 e. The number of rotatable bonds is 8. The summed E-state index contributed by atoms with van der Waals surface area (Å²) in [5.74, 6) is 0.993. The van der Waals surface area contributed by atoms with Crippen molar-refractivity contribution in [1.82, 2.24) is 9.80 Å². The highest BCUT2D eigenvalue weighted by molar-refractivity contribution is 5.58. The number of nitrogens with zero attached hydrogens (tertiary/aromatic N) is 2. The van der Waals surface area contributed by atoms with E-state index in [-0.39, 0.29) is 6.23 Å². The molecule has 31 heavy (non-hydrogen) atoms. The highest BCUT2D eigenvalue weighted by Gasteiger charge is 2.29. The minimum atomic E-state index is 0.213. The van der Waals surface area contributed by atoms with Crippen LogP contribution in [0.1, 0.15) is 52.0 Å². The lowest BCUT2D eigenvalue weighted by atomic mass is 10.1. The first-order valence-electron chi connectivity index (χ1n) is 12.0. The molecule has 0 spiro atoms. The Morgan fingerprint density at radius 2 is 2.03 bits per heavy atom. The summed E-state index contributed by atoms with van der Waals surface area (Å²) in [6, 6.07) is 6.60.